The number of morpholine rings is 1. The largest absolute Gasteiger partial charge is 0.416 e. The Morgan fingerprint density at radius 1 is 1.07 bits per heavy atom. The lowest BCUT2D eigenvalue weighted by Gasteiger charge is -2.38. The highest BCUT2D eigenvalue weighted by Crippen LogP contribution is 2.29. The Kier molecular flexibility index (Phi) is 7.30. The number of hydrogen-bond acceptors (Lipinski definition) is 4. The first-order valence-corrected chi connectivity index (χ1v) is 8.87. The Bertz CT molecular complexity index is 692. The summed E-state index contributed by atoms with van der Waals surface area (Å²) in [6, 6.07) is 3.80. The lowest BCUT2D eigenvalue weighted by molar-refractivity contribution is -0.141. The summed E-state index contributed by atoms with van der Waals surface area (Å²) in [6.07, 6.45) is -4.64. The molecule has 10 heteroatoms. The number of benzene rings is 1. The molecular formula is C18H23ClF3N3O3. The van der Waals surface area contributed by atoms with Crippen molar-refractivity contribution in [1.82, 2.24) is 15.1 Å². The zero-order valence-corrected chi connectivity index (χ0v) is 16.2. The molecule has 1 aromatic carbocycles. The van der Waals surface area contributed by atoms with Crippen LogP contribution in [0.25, 0.3) is 0 Å². The van der Waals surface area contributed by atoms with E-state index < -0.39 is 17.8 Å². The Hall–Kier alpha value is -1.84. The van der Waals surface area contributed by atoms with Crippen LogP contribution < -0.4 is 5.32 Å². The van der Waals surface area contributed by atoms with E-state index in [1.807, 2.05) is 6.92 Å². The standard InChI is InChI=1S/C18H22F3N3O3.ClH/c1-12-15(22-6-11-27-12)17(26)24-9-7-23(8-10-24)16(25)13-2-4-14(5-3-13)18(19,20)21;/h2-5,12,15,22H,6-11H2,1H3;1H/t12-,15+;/m1./s1. The van der Waals surface area contributed by atoms with Gasteiger partial charge in [-0.3, -0.25) is 9.59 Å². The van der Waals surface area contributed by atoms with Gasteiger partial charge in [-0.2, -0.15) is 13.2 Å². The number of carbonyl (C=O) groups excluding carboxylic acids is 2. The van der Waals surface area contributed by atoms with E-state index in [0.29, 0.717) is 39.3 Å². The number of amides is 2. The van der Waals surface area contributed by atoms with Crippen LogP contribution in [0.4, 0.5) is 13.2 Å². The lowest BCUT2D eigenvalue weighted by Crippen LogP contribution is -2.60. The maximum atomic E-state index is 12.6. The molecule has 1 N–H and O–H groups in total. The predicted octanol–water partition coefficient (Wildman–Crippen LogP) is 1.79. The average molecular weight is 422 g/mol. The third-order valence-corrected chi connectivity index (χ3v) is 4.92. The Balaban J connectivity index is 0.00000280. The summed E-state index contributed by atoms with van der Waals surface area (Å²) in [6.45, 7) is 4.49. The maximum Gasteiger partial charge on any atom is 0.416 e. The molecule has 2 amide bonds. The van der Waals surface area contributed by atoms with E-state index in [1.54, 1.807) is 9.80 Å². The number of alkyl halides is 3. The van der Waals surface area contributed by atoms with Gasteiger partial charge in [-0.25, -0.2) is 0 Å². The van der Waals surface area contributed by atoms with Gasteiger partial charge in [0.15, 0.2) is 0 Å². The minimum atomic E-state index is -4.43. The molecule has 156 valence electrons. The number of nitrogens with zero attached hydrogens (tertiary/aromatic N) is 2. The quantitative estimate of drug-likeness (QED) is 0.791. The van der Waals surface area contributed by atoms with Crippen molar-refractivity contribution < 1.29 is 27.5 Å². The van der Waals surface area contributed by atoms with Crippen molar-refractivity contribution in [2.24, 2.45) is 0 Å². The zero-order chi connectivity index (χ0) is 19.6. The van der Waals surface area contributed by atoms with Crippen LogP contribution in [-0.4, -0.2) is 73.1 Å². The molecule has 0 bridgehead atoms. The molecule has 0 spiro atoms. The van der Waals surface area contributed by atoms with Gasteiger partial charge in [0.25, 0.3) is 5.91 Å². The summed E-state index contributed by atoms with van der Waals surface area (Å²) in [5.41, 5.74) is -0.579. The lowest BCUT2D eigenvalue weighted by atomic mass is 10.1. The molecule has 2 atom stereocenters. The zero-order valence-electron chi connectivity index (χ0n) is 15.4. The van der Waals surface area contributed by atoms with E-state index in [4.69, 9.17) is 4.74 Å². The molecule has 0 aromatic heterocycles. The fourth-order valence-electron chi connectivity index (χ4n) is 3.32. The van der Waals surface area contributed by atoms with Crippen molar-refractivity contribution in [1.29, 1.82) is 0 Å². The van der Waals surface area contributed by atoms with Crippen LogP contribution in [0, 0.1) is 0 Å². The number of piperazine rings is 1. The molecule has 2 aliphatic rings. The van der Waals surface area contributed by atoms with Gasteiger partial charge in [-0.1, -0.05) is 0 Å². The van der Waals surface area contributed by atoms with Crippen LogP contribution in [0.1, 0.15) is 22.8 Å². The second-order valence-electron chi connectivity index (χ2n) is 6.70. The van der Waals surface area contributed by atoms with E-state index in [1.165, 1.54) is 12.1 Å². The van der Waals surface area contributed by atoms with E-state index >= 15 is 0 Å². The van der Waals surface area contributed by atoms with E-state index in [0.717, 1.165) is 12.1 Å². The molecule has 2 fully saturated rings. The molecule has 28 heavy (non-hydrogen) atoms. The molecule has 1 aromatic rings. The van der Waals surface area contributed by atoms with Gasteiger partial charge in [0, 0.05) is 38.3 Å². The summed E-state index contributed by atoms with van der Waals surface area (Å²) in [5, 5.41) is 3.15. The van der Waals surface area contributed by atoms with Gasteiger partial charge in [0.1, 0.15) is 6.04 Å². The fourth-order valence-corrected chi connectivity index (χ4v) is 3.32. The van der Waals surface area contributed by atoms with Crippen molar-refractivity contribution in [2.75, 3.05) is 39.3 Å². The Labute approximate surface area is 167 Å². The summed E-state index contributed by atoms with van der Waals surface area (Å²) >= 11 is 0. The number of ether oxygens (including phenoxy) is 1. The number of nitrogens with one attached hydrogen (secondary N) is 1. The first-order valence-electron chi connectivity index (χ1n) is 8.87. The van der Waals surface area contributed by atoms with Crippen molar-refractivity contribution in [2.45, 2.75) is 25.2 Å². The first kappa shape index (κ1) is 22.4. The molecule has 2 aliphatic heterocycles. The minimum Gasteiger partial charge on any atom is -0.375 e. The van der Waals surface area contributed by atoms with Crippen molar-refractivity contribution in [3.63, 3.8) is 0 Å². The predicted molar refractivity (Wildman–Crippen MR) is 98.4 cm³/mol. The molecule has 2 saturated heterocycles. The van der Waals surface area contributed by atoms with Gasteiger partial charge in [0.2, 0.25) is 5.91 Å². The van der Waals surface area contributed by atoms with Crippen LogP contribution >= 0.6 is 12.4 Å². The summed E-state index contributed by atoms with van der Waals surface area (Å²) in [4.78, 5) is 28.4. The second-order valence-corrected chi connectivity index (χ2v) is 6.70. The summed E-state index contributed by atoms with van der Waals surface area (Å²) < 4.78 is 43.4. The van der Waals surface area contributed by atoms with Gasteiger partial charge >= 0.3 is 6.18 Å². The average Bonchev–Trinajstić information content (AvgIpc) is 2.67. The normalized spacial score (nSPS) is 23.1. The van der Waals surface area contributed by atoms with E-state index in [2.05, 4.69) is 5.32 Å². The minimum absolute atomic E-state index is 0. The SMILES string of the molecule is C[C@H]1OCCN[C@@H]1C(=O)N1CCN(C(=O)c2ccc(C(F)(F)F)cc2)CC1.Cl. The molecule has 3 rings (SSSR count). The van der Waals surface area contributed by atoms with Gasteiger partial charge < -0.3 is 19.9 Å². The first-order chi connectivity index (χ1) is 12.8. The molecule has 0 saturated carbocycles. The van der Waals surface area contributed by atoms with Crippen molar-refractivity contribution in [3.05, 3.63) is 35.4 Å². The highest BCUT2D eigenvalue weighted by Gasteiger charge is 2.34. The summed E-state index contributed by atoms with van der Waals surface area (Å²) in [5.74, 6) is -0.382. The number of hydrogen-bond donors (Lipinski definition) is 1. The third kappa shape index (κ3) is 4.95. The fraction of sp³-hybridized carbons (Fsp3) is 0.556. The Morgan fingerprint density at radius 3 is 2.18 bits per heavy atom. The van der Waals surface area contributed by atoms with Crippen molar-refractivity contribution >= 4 is 24.2 Å². The Morgan fingerprint density at radius 2 is 1.64 bits per heavy atom. The number of rotatable bonds is 2. The monoisotopic (exact) mass is 421 g/mol. The van der Waals surface area contributed by atoms with Crippen LogP contribution in [0.3, 0.4) is 0 Å². The number of carbonyl (C=O) groups is 2. The third-order valence-electron chi connectivity index (χ3n) is 4.92. The molecule has 2 heterocycles. The van der Waals surface area contributed by atoms with Crippen LogP contribution in [0.15, 0.2) is 24.3 Å². The second kappa shape index (κ2) is 9.11. The maximum absolute atomic E-state index is 12.6. The smallest absolute Gasteiger partial charge is 0.375 e. The molecular weight excluding hydrogens is 399 g/mol. The van der Waals surface area contributed by atoms with E-state index in [-0.39, 0.29) is 35.9 Å². The topological polar surface area (TPSA) is 61.9 Å². The van der Waals surface area contributed by atoms with Crippen LogP contribution in [0.2, 0.25) is 0 Å². The van der Waals surface area contributed by atoms with E-state index in [9.17, 15) is 22.8 Å². The van der Waals surface area contributed by atoms with Crippen LogP contribution in [0.5, 0.6) is 0 Å². The summed E-state index contributed by atoms with van der Waals surface area (Å²) in [7, 11) is 0. The molecule has 0 aliphatic carbocycles. The number of halogens is 4. The van der Waals surface area contributed by atoms with Crippen LogP contribution in [-0.2, 0) is 15.7 Å². The molecule has 6 nitrogen and oxygen atoms in total. The molecule has 0 radical (unpaired) electrons. The highest BCUT2D eigenvalue weighted by atomic mass is 35.5. The van der Waals surface area contributed by atoms with Gasteiger partial charge in [0.05, 0.1) is 18.3 Å². The van der Waals surface area contributed by atoms with Gasteiger partial charge in [-0.15, -0.1) is 12.4 Å². The van der Waals surface area contributed by atoms with Crippen molar-refractivity contribution in [3.8, 4) is 0 Å². The van der Waals surface area contributed by atoms with Gasteiger partial charge in [-0.05, 0) is 31.2 Å². The highest BCUT2D eigenvalue weighted by molar-refractivity contribution is 5.94. The molecule has 0 unspecified atom stereocenters.